The lowest BCUT2D eigenvalue weighted by Gasteiger charge is -2.40. The van der Waals surface area contributed by atoms with Crippen LogP contribution in [-0.4, -0.2) is 82.2 Å². The highest BCUT2D eigenvalue weighted by Gasteiger charge is 2.78. The summed E-state index contributed by atoms with van der Waals surface area (Å²) in [7, 11) is 0. The molecule has 42 heavy (non-hydrogen) atoms. The molecule has 1 aromatic rings. The van der Waals surface area contributed by atoms with Crippen LogP contribution in [-0.2, 0) is 19.1 Å². The van der Waals surface area contributed by atoms with Crippen LogP contribution in [0.2, 0.25) is 0 Å². The van der Waals surface area contributed by atoms with Crippen LogP contribution in [0.1, 0.15) is 64.5 Å². The molecule has 2 unspecified atom stereocenters. The summed E-state index contributed by atoms with van der Waals surface area (Å²) in [4.78, 5) is 48.8. The van der Waals surface area contributed by atoms with Crippen LogP contribution in [0.25, 0.3) is 0 Å². The van der Waals surface area contributed by atoms with Crippen LogP contribution in [0.3, 0.4) is 0 Å². The van der Waals surface area contributed by atoms with Gasteiger partial charge in [0.15, 0.2) is 0 Å². The van der Waals surface area contributed by atoms with Gasteiger partial charge < -0.3 is 24.5 Å². The molecule has 1 aromatic carbocycles. The van der Waals surface area contributed by atoms with E-state index in [2.05, 4.69) is 13.2 Å². The number of amides is 3. The summed E-state index contributed by atoms with van der Waals surface area (Å²) in [5.41, 5.74) is 0.651. The van der Waals surface area contributed by atoms with Gasteiger partial charge >= 0.3 is 0 Å². The van der Waals surface area contributed by atoms with Gasteiger partial charge in [0.05, 0.1) is 30.1 Å². The van der Waals surface area contributed by atoms with Gasteiger partial charge in [-0.25, -0.2) is 0 Å². The van der Waals surface area contributed by atoms with Gasteiger partial charge in [-0.2, -0.15) is 0 Å². The van der Waals surface area contributed by atoms with Crippen LogP contribution in [0.15, 0.2) is 43.5 Å². The third kappa shape index (κ3) is 5.21. The molecule has 3 aliphatic rings. The molecule has 0 aromatic heterocycles. The van der Waals surface area contributed by atoms with Crippen LogP contribution < -0.4 is 4.90 Å². The van der Waals surface area contributed by atoms with Crippen molar-refractivity contribution >= 4 is 23.4 Å². The lowest BCUT2D eigenvalue weighted by Crippen LogP contribution is -2.59. The zero-order valence-corrected chi connectivity index (χ0v) is 26.3. The fraction of sp³-hybridized carbons (Fsp3) is 0.618. The number of hydrogen-bond acceptors (Lipinski definition) is 5. The minimum Gasteiger partial charge on any atom is -0.394 e. The highest BCUT2D eigenvalue weighted by Crippen LogP contribution is 2.64. The zero-order valence-electron chi connectivity index (χ0n) is 26.3. The van der Waals surface area contributed by atoms with E-state index in [1.807, 2.05) is 59.7 Å². The number of carbonyl (C=O) groups is 3. The van der Waals surface area contributed by atoms with E-state index in [1.165, 1.54) is 0 Å². The van der Waals surface area contributed by atoms with Crippen molar-refractivity contribution in [1.82, 2.24) is 9.80 Å². The molecule has 8 heteroatoms. The first-order valence-corrected chi connectivity index (χ1v) is 15.4. The molecular weight excluding hydrogens is 530 g/mol. The molecule has 2 bridgehead atoms. The van der Waals surface area contributed by atoms with E-state index >= 15 is 0 Å². The summed E-state index contributed by atoms with van der Waals surface area (Å²) in [5.74, 6) is -2.04. The molecule has 3 heterocycles. The Morgan fingerprint density at radius 3 is 2.45 bits per heavy atom. The molecule has 8 nitrogen and oxygen atoms in total. The molecule has 1 N–H and O–H groups in total. The van der Waals surface area contributed by atoms with E-state index in [0.29, 0.717) is 32.4 Å². The number of benzene rings is 1. The number of rotatable bonds is 13. The van der Waals surface area contributed by atoms with Crippen molar-refractivity contribution < 1.29 is 24.2 Å². The fourth-order valence-electron chi connectivity index (χ4n) is 7.74. The molecule has 6 atom stereocenters. The summed E-state index contributed by atoms with van der Waals surface area (Å²) < 4.78 is 6.87. The van der Waals surface area contributed by atoms with Crippen molar-refractivity contribution in [2.24, 2.45) is 17.8 Å². The second-order valence-corrected chi connectivity index (χ2v) is 13.0. The molecule has 0 aliphatic carbocycles. The van der Waals surface area contributed by atoms with Crippen molar-refractivity contribution in [1.29, 1.82) is 0 Å². The lowest BCUT2D eigenvalue weighted by molar-refractivity contribution is -0.152. The predicted octanol–water partition coefficient (Wildman–Crippen LogP) is 4.42. The Morgan fingerprint density at radius 2 is 1.86 bits per heavy atom. The van der Waals surface area contributed by atoms with Crippen LogP contribution in [0.4, 0.5) is 5.69 Å². The number of aliphatic hydroxyl groups excluding tert-OH is 1. The van der Waals surface area contributed by atoms with E-state index in [4.69, 9.17) is 4.74 Å². The van der Waals surface area contributed by atoms with E-state index in [-0.39, 0.29) is 36.8 Å². The number of fused-ring (bicyclic) bond motifs is 1. The van der Waals surface area contributed by atoms with Crippen molar-refractivity contribution in [2.75, 3.05) is 31.1 Å². The van der Waals surface area contributed by atoms with Crippen LogP contribution >= 0.6 is 0 Å². The van der Waals surface area contributed by atoms with Gasteiger partial charge in [-0.15, -0.1) is 13.2 Å². The first-order chi connectivity index (χ1) is 19.9. The van der Waals surface area contributed by atoms with Crippen molar-refractivity contribution in [2.45, 2.75) is 90.5 Å². The van der Waals surface area contributed by atoms with E-state index < -0.39 is 35.1 Å². The van der Waals surface area contributed by atoms with Gasteiger partial charge in [0, 0.05) is 25.3 Å². The van der Waals surface area contributed by atoms with Gasteiger partial charge in [-0.05, 0) is 69.6 Å². The number of likely N-dealkylation sites (tertiary alicyclic amines) is 1. The Morgan fingerprint density at radius 1 is 1.17 bits per heavy atom. The quantitative estimate of drug-likeness (QED) is 0.350. The van der Waals surface area contributed by atoms with E-state index in [1.54, 1.807) is 26.9 Å². The molecule has 3 amide bonds. The number of carbonyl (C=O) groups excluding carboxylic acids is 3. The Balaban J connectivity index is 1.88. The van der Waals surface area contributed by atoms with Crippen LogP contribution in [0.5, 0.6) is 0 Å². The van der Waals surface area contributed by atoms with Gasteiger partial charge in [-0.3, -0.25) is 14.4 Å². The van der Waals surface area contributed by atoms with Gasteiger partial charge in [0.1, 0.15) is 11.6 Å². The van der Waals surface area contributed by atoms with Crippen molar-refractivity contribution in [3.05, 3.63) is 54.6 Å². The van der Waals surface area contributed by atoms with Crippen molar-refractivity contribution in [3.8, 4) is 0 Å². The van der Waals surface area contributed by atoms with Gasteiger partial charge in [-0.1, -0.05) is 45.1 Å². The molecule has 4 rings (SSSR count). The van der Waals surface area contributed by atoms with Gasteiger partial charge in [0.2, 0.25) is 11.8 Å². The molecule has 0 saturated carbocycles. The second-order valence-electron chi connectivity index (χ2n) is 13.0. The summed E-state index contributed by atoms with van der Waals surface area (Å²) in [5, 5.41) is 10.6. The summed E-state index contributed by atoms with van der Waals surface area (Å²) in [6.45, 7) is 20.6. The smallest absolute Gasteiger partial charge is 0.253 e. The maximum absolute atomic E-state index is 14.9. The maximum Gasteiger partial charge on any atom is 0.253 e. The average molecular weight is 580 g/mol. The first kappa shape index (κ1) is 32.0. The molecule has 3 saturated heterocycles. The fourth-order valence-corrected chi connectivity index (χ4v) is 7.74. The Kier molecular flexibility index (Phi) is 9.38. The van der Waals surface area contributed by atoms with E-state index in [0.717, 1.165) is 23.2 Å². The predicted molar refractivity (Wildman–Crippen MR) is 165 cm³/mol. The summed E-state index contributed by atoms with van der Waals surface area (Å²) in [6, 6.07) is 4.40. The number of anilines is 1. The Hall–Kier alpha value is -2.97. The Labute approximate surface area is 251 Å². The molecular formula is C34H49N3O5. The monoisotopic (exact) mass is 579 g/mol. The number of aryl methyl sites for hydroxylation is 2. The first-order valence-electron chi connectivity index (χ1n) is 15.4. The number of ether oxygens (including phenoxy) is 1. The molecule has 230 valence electrons. The van der Waals surface area contributed by atoms with E-state index in [9.17, 15) is 19.5 Å². The molecule has 3 aliphatic heterocycles. The molecule has 3 fully saturated rings. The third-order valence-corrected chi connectivity index (χ3v) is 9.45. The SMILES string of the molecule is C=CCN(CCC)C(=O)[C@H]1[C@H]2C(=O)N([C@@H](CO)CC(C)C)C(C(=O)N(CC=C)c3cc(C)ccc3C)C23CC[C@]1(C)O3. The minimum atomic E-state index is -1.17. The van der Waals surface area contributed by atoms with Gasteiger partial charge in [0.25, 0.3) is 5.91 Å². The molecule has 0 radical (unpaired) electrons. The number of aliphatic hydroxyl groups is 1. The number of hydrogen-bond donors (Lipinski definition) is 1. The normalized spacial score (nSPS) is 28.6. The molecule has 1 spiro atoms. The highest BCUT2D eigenvalue weighted by molar-refractivity contribution is 6.05. The summed E-state index contributed by atoms with van der Waals surface area (Å²) >= 11 is 0. The van der Waals surface area contributed by atoms with Crippen LogP contribution in [0, 0.1) is 31.6 Å². The minimum absolute atomic E-state index is 0.130. The largest absolute Gasteiger partial charge is 0.394 e. The maximum atomic E-state index is 14.9. The zero-order chi connectivity index (χ0) is 31.0. The third-order valence-electron chi connectivity index (χ3n) is 9.45. The lowest BCUT2D eigenvalue weighted by atomic mass is 9.66. The standard InChI is InChI=1S/C34H49N3O5/c1-9-16-35(17-10-2)30(39)27-28-31(40)37(25(21-38)19-22(4)5)29(34(28)15-14-33(27,8)42-34)32(41)36(18-11-3)26-20-23(6)12-13-24(26)7/h9,11-13,20,22,25,27-29,38H,1,3,10,14-19,21H2,2,4-8H3/t25-,27-,28+,29?,33+,34?/m1/s1. The number of nitrogens with zero attached hydrogens (tertiary/aromatic N) is 3. The van der Waals surface area contributed by atoms with Crippen molar-refractivity contribution in [3.63, 3.8) is 0 Å². The Bertz CT molecular complexity index is 1230. The highest BCUT2D eigenvalue weighted by atomic mass is 16.5. The summed E-state index contributed by atoms with van der Waals surface area (Å²) in [6.07, 6.45) is 5.74. The average Bonchev–Trinajstić information content (AvgIpc) is 3.51. The second kappa shape index (κ2) is 12.3. The topological polar surface area (TPSA) is 90.4 Å².